The molecule has 0 radical (unpaired) electrons. The fraction of sp³-hybridized carbons (Fsp3) is 0.560. The van der Waals surface area contributed by atoms with E-state index >= 15 is 0 Å². The van der Waals surface area contributed by atoms with E-state index in [0.717, 1.165) is 84.3 Å². The Hall–Kier alpha value is -2.01. The first kappa shape index (κ1) is 27.6. The molecule has 35 heavy (non-hydrogen) atoms. The lowest BCUT2D eigenvalue weighted by Gasteiger charge is -2.35. The van der Waals surface area contributed by atoms with Gasteiger partial charge in [0.1, 0.15) is 22.0 Å². The first-order valence-corrected chi connectivity index (χ1v) is 12.7. The predicted octanol–water partition coefficient (Wildman–Crippen LogP) is 5.60. The SMILES string of the molecule is Br.CCCCN(c1c(OC)nn2c(-c3c(OC)cc(COC)cc3OC)csc12)C1CCOCC1. The molecule has 8 nitrogen and oxygen atoms in total. The molecule has 194 valence electrons. The maximum absolute atomic E-state index is 5.82. The number of hydrogen-bond donors (Lipinski definition) is 0. The van der Waals surface area contributed by atoms with Crippen LogP contribution in [0.15, 0.2) is 17.5 Å². The summed E-state index contributed by atoms with van der Waals surface area (Å²) in [6.07, 6.45) is 4.25. The van der Waals surface area contributed by atoms with E-state index in [2.05, 4.69) is 17.2 Å². The van der Waals surface area contributed by atoms with Crippen LogP contribution in [-0.2, 0) is 16.1 Å². The maximum atomic E-state index is 5.82. The monoisotopic (exact) mass is 569 g/mol. The zero-order valence-corrected chi connectivity index (χ0v) is 23.7. The number of unbranched alkanes of at least 4 members (excludes halogenated alkanes) is 1. The third kappa shape index (κ3) is 5.55. The van der Waals surface area contributed by atoms with E-state index in [1.54, 1.807) is 39.8 Å². The third-order valence-corrected chi connectivity index (χ3v) is 7.23. The minimum Gasteiger partial charge on any atom is -0.496 e. The van der Waals surface area contributed by atoms with Gasteiger partial charge in [0.2, 0.25) is 0 Å². The number of benzene rings is 1. The van der Waals surface area contributed by atoms with Gasteiger partial charge in [-0.2, -0.15) is 0 Å². The van der Waals surface area contributed by atoms with Crippen LogP contribution in [-0.4, -0.2) is 63.9 Å². The molecule has 10 heteroatoms. The lowest BCUT2D eigenvalue weighted by Crippen LogP contribution is -2.40. The van der Waals surface area contributed by atoms with Gasteiger partial charge in [-0.1, -0.05) is 13.3 Å². The fourth-order valence-electron chi connectivity index (χ4n) is 4.62. The molecule has 3 aromatic rings. The van der Waals surface area contributed by atoms with Crippen molar-refractivity contribution < 1.29 is 23.7 Å². The van der Waals surface area contributed by atoms with Crippen molar-refractivity contribution in [2.24, 2.45) is 0 Å². The number of nitrogens with zero attached hydrogens (tertiary/aromatic N) is 3. The number of methoxy groups -OCH3 is 4. The summed E-state index contributed by atoms with van der Waals surface area (Å²) < 4.78 is 30.3. The average molecular weight is 571 g/mol. The quantitative estimate of drug-likeness (QED) is 0.298. The topological polar surface area (TPSA) is 66.7 Å². The second-order valence-corrected chi connectivity index (χ2v) is 9.25. The lowest BCUT2D eigenvalue weighted by molar-refractivity contribution is 0.0843. The Morgan fingerprint density at radius 1 is 1.09 bits per heavy atom. The molecule has 1 saturated heterocycles. The molecule has 0 amide bonds. The average Bonchev–Trinajstić information content (AvgIpc) is 3.44. The van der Waals surface area contributed by atoms with Crippen molar-refractivity contribution in [3.05, 3.63) is 23.1 Å². The van der Waals surface area contributed by atoms with Crippen LogP contribution >= 0.6 is 28.3 Å². The van der Waals surface area contributed by atoms with Crippen molar-refractivity contribution in [2.75, 3.05) is 53.1 Å². The van der Waals surface area contributed by atoms with Crippen LogP contribution in [0.1, 0.15) is 38.2 Å². The van der Waals surface area contributed by atoms with Gasteiger partial charge in [0.25, 0.3) is 5.88 Å². The summed E-state index contributed by atoms with van der Waals surface area (Å²) in [7, 11) is 6.71. The molecular weight excluding hydrogens is 534 g/mol. The molecule has 0 atom stereocenters. The lowest BCUT2D eigenvalue weighted by atomic mass is 10.1. The van der Waals surface area contributed by atoms with E-state index in [-0.39, 0.29) is 17.0 Å². The molecule has 0 spiro atoms. The standard InChI is InChI=1S/C25H35N3O5S.BrH/c1-6-7-10-27(18-8-11-33-12-9-18)23-24(32-5)26-28-19(16-34-25(23)28)22-20(30-3)13-17(15-29-2)14-21(22)31-4;/h13-14,16,18H,6-12,15H2,1-5H3;1H. The number of rotatable bonds is 11. The summed E-state index contributed by atoms with van der Waals surface area (Å²) in [5, 5.41) is 7.01. The molecule has 0 unspecified atom stereocenters. The predicted molar refractivity (Wildman–Crippen MR) is 145 cm³/mol. The first-order chi connectivity index (χ1) is 16.7. The number of anilines is 1. The molecular formula is C25H36BrN3O5S. The van der Waals surface area contributed by atoms with Crippen LogP contribution < -0.4 is 19.1 Å². The molecule has 0 N–H and O–H groups in total. The normalized spacial score (nSPS) is 14.1. The number of aromatic nitrogens is 2. The molecule has 3 heterocycles. The van der Waals surface area contributed by atoms with Crippen LogP contribution in [0.4, 0.5) is 5.69 Å². The Morgan fingerprint density at radius 2 is 1.77 bits per heavy atom. The van der Waals surface area contributed by atoms with Crippen LogP contribution in [0, 0.1) is 0 Å². The Kier molecular flexibility index (Phi) is 10.1. The van der Waals surface area contributed by atoms with Crippen molar-refractivity contribution in [3.63, 3.8) is 0 Å². The molecule has 0 aliphatic carbocycles. The van der Waals surface area contributed by atoms with Gasteiger partial charge in [-0.15, -0.1) is 33.4 Å². The van der Waals surface area contributed by atoms with E-state index in [9.17, 15) is 0 Å². The minimum absolute atomic E-state index is 0. The number of fused-ring (bicyclic) bond motifs is 1. The van der Waals surface area contributed by atoms with Gasteiger partial charge in [0, 0.05) is 38.3 Å². The van der Waals surface area contributed by atoms with Crippen LogP contribution in [0.25, 0.3) is 16.1 Å². The number of halogens is 1. The van der Waals surface area contributed by atoms with Crippen LogP contribution in [0.3, 0.4) is 0 Å². The van der Waals surface area contributed by atoms with Crippen LogP contribution in [0.5, 0.6) is 17.4 Å². The first-order valence-electron chi connectivity index (χ1n) is 11.8. The molecule has 4 rings (SSSR count). The number of thiazole rings is 1. The van der Waals surface area contributed by atoms with E-state index in [0.29, 0.717) is 18.5 Å². The van der Waals surface area contributed by atoms with E-state index in [1.807, 2.05) is 16.6 Å². The zero-order chi connectivity index (χ0) is 24.1. The smallest absolute Gasteiger partial charge is 0.258 e. The second-order valence-electron chi connectivity index (χ2n) is 8.39. The van der Waals surface area contributed by atoms with Crippen molar-refractivity contribution in [2.45, 2.75) is 45.3 Å². The van der Waals surface area contributed by atoms with Gasteiger partial charge in [-0.3, -0.25) is 0 Å². The van der Waals surface area contributed by atoms with Gasteiger partial charge >= 0.3 is 0 Å². The van der Waals surface area contributed by atoms with E-state index in [4.69, 9.17) is 28.8 Å². The van der Waals surface area contributed by atoms with Crippen molar-refractivity contribution >= 4 is 38.8 Å². The molecule has 1 fully saturated rings. The number of ether oxygens (including phenoxy) is 5. The summed E-state index contributed by atoms with van der Waals surface area (Å²) in [4.78, 5) is 3.54. The maximum Gasteiger partial charge on any atom is 0.258 e. The minimum atomic E-state index is 0. The highest BCUT2D eigenvalue weighted by molar-refractivity contribution is 8.93. The zero-order valence-electron chi connectivity index (χ0n) is 21.2. The van der Waals surface area contributed by atoms with E-state index in [1.165, 1.54) is 0 Å². The summed E-state index contributed by atoms with van der Waals surface area (Å²) in [5.74, 6) is 2.08. The molecule has 0 bridgehead atoms. The van der Waals surface area contributed by atoms with Gasteiger partial charge in [-0.25, -0.2) is 4.52 Å². The Morgan fingerprint density at radius 3 is 2.34 bits per heavy atom. The second kappa shape index (κ2) is 12.8. The van der Waals surface area contributed by atoms with Crippen molar-refractivity contribution in [1.82, 2.24) is 9.61 Å². The third-order valence-electron chi connectivity index (χ3n) is 6.30. The van der Waals surface area contributed by atoms with Gasteiger partial charge < -0.3 is 28.6 Å². The fourth-order valence-corrected chi connectivity index (χ4v) is 5.62. The highest BCUT2D eigenvalue weighted by Gasteiger charge is 2.30. The van der Waals surface area contributed by atoms with Crippen LogP contribution in [0.2, 0.25) is 0 Å². The summed E-state index contributed by atoms with van der Waals surface area (Å²) in [5.41, 5.74) is 3.81. The summed E-state index contributed by atoms with van der Waals surface area (Å²) >= 11 is 1.66. The van der Waals surface area contributed by atoms with Crippen molar-refractivity contribution in [1.29, 1.82) is 0 Å². The van der Waals surface area contributed by atoms with Gasteiger partial charge in [0.15, 0.2) is 0 Å². The van der Waals surface area contributed by atoms with Crippen molar-refractivity contribution in [3.8, 4) is 28.6 Å². The molecule has 0 saturated carbocycles. The highest BCUT2D eigenvalue weighted by Crippen LogP contribution is 2.45. The Labute approximate surface area is 221 Å². The molecule has 1 aliphatic heterocycles. The van der Waals surface area contributed by atoms with Gasteiger partial charge in [-0.05, 0) is 37.0 Å². The summed E-state index contributed by atoms with van der Waals surface area (Å²) in [6, 6.07) is 4.38. The number of hydrogen-bond acceptors (Lipinski definition) is 8. The van der Waals surface area contributed by atoms with Gasteiger partial charge in [0.05, 0.1) is 39.2 Å². The Bertz CT molecular complexity index is 1070. The summed E-state index contributed by atoms with van der Waals surface area (Å²) in [6.45, 7) is 5.24. The van der Waals surface area contributed by atoms with E-state index < -0.39 is 0 Å². The Balaban J connectivity index is 0.00000342. The largest absolute Gasteiger partial charge is 0.496 e. The molecule has 1 aromatic carbocycles. The molecule has 1 aliphatic rings. The molecule has 2 aromatic heterocycles. The highest BCUT2D eigenvalue weighted by atomic mass is 79.9.